The molecule has 2 aromatic rings. The van der Waals surface area contributed by atoms with Crippen molar-refractivity contribution < 1.29 is 19.1 Å². The molecular weight excluding hydrogens is 382 g/mol. The second-order valence-electron chi connectivity index (χ2n) is 7.32. The first kappa shape index (κ1) is 21.6. The van der Waals surface area contributed by atoms with Crippen molar-refractivity contribution in [3.63, 3.8) is 0 Å². The van der Waals surface area contributed by atoms with E-state index in [1.54, 1.807) is 14.0 Å². The van der Waals surface area contributed by atoms with Gasteiger partial charge in [-0.05, 0) is 23.3 Å². The minimum absolute atomic E-state index is 0.0327. The lowest BCUT2D eigenvalue weighted by atomic mass is 10.2. The van der Waals surface area contributed by atoms with Crippen LogP contribution >= 0.6 is 0 Å². The van der Waals surface area contributed by atoms with Crippen molar-refractivity contribution >= 4 is 11.8 Å². The minimum atomic E-state index is -0.0327. The minimum Gasteiger partial charge on any atom is -0.493 e. The summed E-state index contributed by atoms with van der Waals surface area (Å²) >= 11 is 0. The number of ether oxygens (including phenoxy) is 2. The van der Waals surface area contributed by atoms with E-state index in [1.165, 1.54) is 0 Å². The van der Waals surface area contributed by atoms with Gasteiger partial charge in [0.1, 0.15) is 6.61 Å². The predicted octanol–water partition coefficient (Wildman–Crippen LogP) is 2.05. The number of amides is 2. The molecule has 1 saturated heterocycles. The molecule has 1 aliphatic heterocycles. The summed E-state index contributed by atoms with van der Waals surface area (Å²) in [6.07, 6.45) is 0. The van der Waals surface area contributed by atoms with Gasteiger partial charge in [0.25, 0.3) is 0 Å². The van der Waals surface area contributed by atoms with Gasteiger partial charge in [0.2, 0.25) is 11.8 Å². The van der Waals surface area contributed by atoms with Gasteiger partial charge in [-0.15, -0.1) is 0 Å². The molecule has 0 aromatic heterocycles. The Morgan fingerprint density at radius 3 is 2.37 bits per heavy atom. The van der Waals surface area contributed by atoms with Gasteiger partial charge in [0.15, 0.2) is 11.5 Å². The highest BCUT2D eigenvalue weighted by Crippen LogP contribution is 2.28. The van der Waals surface area contributed by atoms with Crippen molar-refractivity contribution in [2.75, 3.05) is 39.8 Å². The second-order valence-corrected chi connectivity index (χ2v) is 7.32. The third kappa shape index (κ3) is 6.22. The van der Waals surface area contributed by atoms with Crippen molar-refractivity contribution in [1.29, 1.82) is 0 Å². The fraction of sp³-hybridized carbons (Fsp3) is 0.391. The lowest BCUT2D eigenvalue weighted by Gasteiger charge is -2.33. The summed E-state index contributed by atoms with van der Waals surface area (Å²) in [5.41, 5.74) is 2.02. The van der Waals surface area contributed by atoms with Crippen LogP contribution in [0.25, 0.3) is 0 Å². The predicted molar refractivity (Wildman–Crippen MR) is 114 cm³/mol. The standard InChI is InChI=1S/C23H29N3O4/c1-18(27)26-12-10-25(11-13-26)16-23(28)24-15-20-8-9-21(22(14-20)29-2)30-17-19-6-4-3-5-7-19/h3-9,14H,10-13,15-17H2,1-2H3,(H,24,28). The Morgan fingerprint density at radius 2 is 1.70 bits per heavy atom. The van der Waals surface area contributed by atoms with Crippen LogP contribution in [0, 0.1) is 0 Å². The molecule has 7 nitrogen and oxygen atoms in total. The number of benzene rings is 2. The first-order valence-electron chi connectivity index (χ1n) is 10.1. The average Bonchev–Trinajstić information content (AvgIpc) is 2.77. The van der Waals surface area contributed by atoms with E-state index in [0.717, 1.165) is 11.1 Å². The molecule has 1 N–H and O–H groups in total. The molecule has 0 unspecified atom stereocenters. The van der Waals surface area contributed by atoms with Gasteiger partial charge in [-0.25, -0.2) is 0 Å². The third-order valence-electron chi connectivity index (χ3n) is 5.14. The van der Waals surface area contributed by atoms with E-state index in [2.05, 4.69) is 10.2 Å². The molecule has 3 rings (SSSR count). The molecule has 7 heteroatoms. The number of carbonyl (C=O) groups is 2. The van der Waals surface area contributed by atoms with Crippen LogP contribution < -0.4 is 14.8 Å². The maximum Gasteiger partial charge on any atom is 0.234 e. The van der Waals surface area contributed by atoms with Gasteiger partial charge >= 0.3 is 0 Å². The Morgan fingerprint density at radius 1 is 0.967 bits per heavy atom. The molecule has 2 amide bonds. The number of piperazine rings is 1. The van der Waals surface area contributed by atoms with Gasteiger partial charge in [0.05, 0.1) is 13.7 Å². The quantitative estimate of drug-likeness (QED) is 0.720. The summed E-state index contributed by atoms with van der Waals surface area (Å²) < 4.78 is 11.3. The van der Waals surface area contributed by atoms with E-state index in [9.17, 15) is 9.59 Å². The molecule has 30 heavy (non-hydrogen) atoms. The lowest BCUT2D eigenvalue weighted by molar-refractivity contribution is -0.131. The third-order valence-corrected chi connectivity index (χ3v) is 5.14. The van der Waals surface area contributed by atoms with Crippen LogP contribution in [0.4, 0.5) is 0 Å². The molecule has 1 heterocycles. The van der Waals surface area contributed by atoms with E-state index in [1.807, 2.05) is 53.4 Å². The topological polar surface area (TPSA) is 71.1 Å². The SMILES string of the molecule is COc1cc(CNC(=O)CN2CCN(C(C)=O)CC2)ccc1OCc1ccccc1. The fourth-order valence-electron chi connectivity index (χ4n) is 3.36. The molecule has 1 aliphatic rings. The number of carbonyl (C=O) groups excluding carboxylic acids is 2. The van der Waals surface area contributed by atoms with Crippen LogP contribution in [0.15, 0.2) is 48.5 Å². The van der Waals surface area contributed by atoms with Crippen LogP contribution in [-0.4, -0.2) is 61.4 Å². The van der Waals surface area contributed by atoms with Crippen LogP contribution in [0.3, 0.4) is 0 Å². The molecule has 0 spiro atoms. The van der Waals surface area contributed by atoms with Gasteiger partial charge in [0, 0.05) is 39.6 Å². The van der Waals surface area contributed by atoms with E-state index in [0.29, 0.717) is 57.4 Å². The Balaban J connectivity index is 1.47. The maximum atomic E-state index is 12.3. The maximum absolute atomic E-state index is 12.3. The zero-order valence-corrected chi connectivity index (χ0v) is 17.6. The molecule has 0 saturated carbocycles. The number of rotatable bonds is 8. The number of nitrogens with zero attached hydrogens (tertiary/aromatic N) is 2. The summed E-state index contributed by atoms with van der Waals surface area (Å²) in [7, 11) is 1.60. The highest BCUT2D eigenvalue weighted by atomic mass is 16.5. The van der Waals surface area contributed by atoms with Crippen LogP contribution in [0.5, 0.6) is 11.5 Å². The number of hydrogen-bond acceptors (Lipinski definition) is 5. The Hall–Kier alpha value is -3.06. The molecule has 2 aromatic carbocycles. The summed E-state index contributed by atoms with van der Waals surface area (Å²) in [6.45, 7) is 5.57. The molecule has 0 aliphatic carbocycles. The normalized spacial score (nSPS) is 14.3. The summed E-state index contributed by atoms with van der Waals surface area (Å²) in [4.78, 5) is 27.5. The van der Waals surface area contributed by atoms with Crippen molar-refractivity contribution in [1.82, 2.24) is 15.1 Å². The van der Waals surface area contributed by atoms with Crippen molar-refractivity contribution in [2.45, 2.75) is 20.1 Å². The van der Waals surface area contributed by atoms with E-state index < -0.39 is 0 Å². The first-order valence-corrected chi connectivity index (χ1v) is 10.1. The summed E-state index contributed by atoms with van der Waals surface area (Å²) in [5.74, 6) is 1.36. The Bertz CT molecular complexity index is 849. The summed E-state index contributed by atoms with van der Waals surface area (Å²) in [6, 6.07) is 15.6. The van der Waals surface area contributed by atoms with Crippen LogP contribution in [0.2, 0.25) is 0 Å². The van der Waals surface area contributed by atoms with Crippen molar-refractivity contribution in [2.24, 2.45) is 0 Å². The molecule has 0 bridgehead atoms. The monoisotopic (exact) mass is 411 g/mol. The van der Waals surface area contributed by atoms with Crippen molar-refractivity contribution in [3.8, 4) is 11.5 Å². The fourth-order valence-corrected chi connectivity index (χ4v) is 3.36. The zero-order valence-electron chi connectivity index (χ0n) is 17.6. The number of nitrogens with one attached hydrogen (secondary N) is 1. The number of hydrogen-bond donors (Lipinski definition) is 1. The smallest absolute Gasteiger partial charge is 0.234 e. The highest BCUT2D eigenvalue weighted by molar-refractivity contribution is 5.78. The van der Waals surface area contributed by atoms with Gasteiger partial charge in [-0.1, -0.05) is 36.4 Å². The largest absolute Gasteiger partial charge is 0.493 e. The Labute approximate surface area is 177 Å². The van der Waals surface area contributed by atoms with E-state index in [4.69, 9.17) is 9.47 Å². The van der Waals surface area contributed by atoms with Crippen LogP contribution in [0.1, 0.15) is 18.1 Å². The second kappa shape index (κ2) is 10.6. The average molecular weight is 412 g/mol. The molecule has 0 atom stereocenters. The first-order chi connectivity index (χ1) is 14.5. The molecule has 1 fully saturated rings. The van der Waals surface area contributed by atoms with Crippen molar-refractivity contribution in [3.05, 3.63) is 59.7 Å². The molecule has 160 valence electrons. The summed E-state index contributed by atoms with van der Waals surface area (Å²) in [5, 5.41) is 2.95. The zero-order chi connectivity index (χ0) is 21.3. The van der Waals surface area contributed by atoms with Gasteiger partial charge in [-0.3, -0.25) is 14.5 Å². The number of methoxy groups -OCH3 is 1. The highest BCUT2D eigenvalue weighted by Gasteiger charge is 2.20. The van der Waals surface area contributed by atoms with E-state index in [-0.39, 0.29) is 11.8 Å². The van der Waals surface area contributed by atoms with Gasteiger partial charge < -0.3 is 19.7 Å². The van der Waals surface area contributed by atoms with E-state index >= 15 is 0 Å². The molecular formula is C23H29N3O4. The lowest BCUT2D eigenvalue weighted by Crippen LogP contribution is -2.50. The Kier molecular flexibility index (Phi) is 7.68. The van der Waals surface area contributed by atoms with Gasteiger partial charge in [-0.2, -0.15) is 0 Å². The molecule has 0 radical (unpaired) electrons. The van der Waals surface area contributed by atoms with Crippen LogP contribution in [-0.2, 0) is 22.7 Å².